The molecule has 2 aromatic rings. The zero-order chi connectivity index (χ0) is 14.7. The van der Waals surface area contributed by atoms with Crippen LogP contribution in [0.4, 0.5) is 11.4 Å². The van der Waals surface area contributed by atoms with Crippen molar-refractivity contribution in [1.29, 1.82) is 0 Å². The summed E-state index contributed by atoms with van der Waals surface area (Å²) in [6.45, 7) is 4.39. The Morgan fingerprint density at radius 2 is 2.00 bits per heavy atom. The molecule has 0 fully saturated rings. The molecule has 0 bridgehead atoms. The highest BCUT2D eigenvalue weighted by atomic mass is 35.5. The van der Waals surface area contributed by atoms with Crippen LogP contribution in [0.15, 0.2) is 42.5 Å². The monoisotopic (exact) mass is 288 g/mol. The number of nitrogens with two attached hydrogens (primary N) is 1. The molecular weight excluding hydrogens is 272 g/mol. The highest BCUT2D eigenvalue weighted by Gasteiger charge is 2.18. The standard InChI is InChI=1S/C16H17ClN2O/c1-3-19(14-6-4-5-13(18)10-14)16(20)15-8-7-12(17)9-11(15)2/h4-10H,3,18H2,1-2H3. The number of carbonyl (C=O) groups excluding carboxylic acids is 1. The Morgan fingerprint density at radius 1 is 1.25 bits per heavy atom. The van der Waals surface area contributed by atoms with Gasteiger partial charge in [0, 0.05) is 28.5 Å². The molecule has 1 amide bonds. The van der Waals surface area contributed by atoms with Crippen molar-refractivity contribution in [3.8, 4) is 0 Å². The largest absolute Gasteiger partial charge is 0.399 e. The molecule has 0 unspecified atom stereocenters. The predicted molar refractivity (Wildman–Crippen MR) is 84.4 cm³/mol. The van der Waals surface area contributed by atoms with E-state index in [-0.39, 0.29) is 5.91 Å². The second kappa shape index (κ2) is 5.97. The first-order valence-corrected chi connectivity index (χ1v) is 6.84. The number of benzene rings is 2. The molecule has 2 N–H and O–H groups in total. The minimum absolute atomic E-state index is 0.0488. The molecule has 0 heterocycles. The summed E-state index contributed by atoms with van der Waals surface area (Å²) in [4.78, 5) is 14.4. The molecule has 4 heteroatoms. The van der Waals surface area contributed by atoms with Gasteiger partial charge in [0.25, 0.3) is 5.91 Å². The maximum absolute atomic E-state index is 12.7. The number of nitrogen functional groups attached to an aromatic ring is 1. The summed E-state index contributed by atoms with van der Waals surface area (Å²) >= 11 is 5.93. The number of rotatable bonds is 3. The number of amides is 1. The first-order valence-electron chi connectivity index (χ1n) is 6.46. The maximum Gasteiger partial charge on any atom is 0.258 e. The molecule has 0 atom stereocenters. The fraction of sp³-hybridized carbons (Fsp3) is 0.188. The Hall–Kier alpha value is -2.00. The lowest BCUT2D eigenvalue weighted by atomic mass is 10.1. The molecule has 0 aromatic heterocycles. The maximum atomic E-state index is 12.7. The molecule has 0 aliphatic heterocycles. The number of nitrogens with zero attached hydrogens (tertiary/aromatic N) is 1. The normalized spacial score (nSPS) is 10.3. The van der Waals surface area contributed by atoms with E-state index in [2.05, 4.69) is 0 Å². The summed E-state index contributed by atoms with van der Waals surface area (Å²) in [6, 6.07) is 12.6. The molecule has 20 heavy (non-hydrogen) atoms. The van der Waals surface area contributed by atoms with Gasteiger partial charge >= 0.3 is 0 Å². The van der Waals surface area contributed by atoms with Gasteiger partial charge in [-0.2, -0.15) is 0 Å². The van der Waals surface area contributed by atoms with Crippen LogP contribution < -0.4 is 10.6 Å². The Bertz CT molecular complexity index is 640. The molecule has 2 aromatic carbocycles. The Kier molecular flexibility index (Phi) is 4.30. The van der Waals surface area contributed by atoms with Crippen LogP contribution in [0, 0.1) is 6.92 Å². The molecule has 0 radical (unpaired) electrons. The average molecular weight is 289 g/mol. The number of anilines is 2. The van der Waals surface area contributed by atoms with Crippen molar-refractivity contribution in [3.05, 3.63) is 58.6 Å². The van der Waals surface area contributed by atoms with Crippen LogP contribution in [0.2, 0.25) is 5.02 Å². The quantitative estimate of drug-likeness (QED) is 0.871. The molecule has 2 rings (SSSR count). The summed E-state index contributed by atoms with van der Waals surface area (Å²) in [7, 11) is 0. The van der Waals surface area contributed by atoms with E-state index in [0.29, 0.717) is 22.8 Å². The summed E-state index contributed by atoms with van der Waals surface area (Å²) < 4.78 is 0. The third kappa shape index (κ3) is 2.94. The SMILES string of the molecule is CCN(C(=O)c1ccc(Cl)cc1C)c1cccc(N)c1. The minimum Gasteiger partial charge on any atom is -0.399 e. The molecule has 0 aliphatic rings. The lowest BCUT2D eigenvalue weighted by molar-refractivity contribution is 0.0988. The topological polar surface area (TPSA) is 46.3 Å². The first-order chi connectivity index (χ1) is 9.52. The third-order valence-corrected chi connectivity index (χ3v) is 3.40. The van der Waals surface area contributed by atoms with E-state index in [1.807, 2.05) is 26.0 Å². The van der Waals surface area contributed by atoms with Crippen molar-refractivity contribution >= 4 is 28.9 Å². The van der Waals surface area contributed by atoms with Crippen molar-refractivity contribution in [2.24, 2.45) is 0 Å². The van der Waals surface area contributed by atoms with Crippen LogP contribution in [0.3, 0.4) is 0 Å². The molecule has 0 saturated heterocycles. The summed E-state index contributed by atoms with van der Waals surface area (Å²) in [5, 5.41) is 0.631. The van der Waals surface area contributed by atoms with Gasteiger partial charge in [-0.1, -0.05) is 17.7 Å². The molecule has 3 nitrogen and oxygen atoms in total. The van der Waals surface area contributed by atoms with Gasteiger partial charge in [-0.3, -0.25) is 4.79 Å². The highest BCUT2D eigenvalue weighted by molar-refractivity contribution is 6.30. The number of hydrogen-bond donors (Lipinski definition) is 1. The fourth-order valence-corrected chi connectivity index (χ4v) is 2.38. The van der Waals surface area contributed by atoms with Crippen molar-refractivity contribution in [1.82, 2.24) is 0 Å². The first kappa shape index (κ1) is 14.4. The molecule has 0 spiro atoms. The lowest BCUT2D eigenvalue weighted by Crippen LogP contribution is -2.31. The number of aryl methyl sites for hydroxylation is 1. The zero-order valence-corrected chi connectivity index (χ0v) is 12.3. The minimum atomic E-state index is -0.0488. The summed E-state index contributed by atoms with van der Waals surface area (Å²) in [5.74, 6) is -0.0488. The second-order valence-electron chi connectivity index (χ2n) is 4.60. The van der Waals surface area contributed by atoms with Crippen LogP contribution in [0.25, 0.3) is 0 Å². The lowest BCUT2D eigenvalue weighted by Gasteiger charge is -2.22. The van der Waals surface area contributed by atoms with Gasteiger partial charge in [0.15, 0.2) is 0 Å². The van der Waals surface area contributed by atoms with Gasteiger partial charge < -0.3 is 10.6 Å². The average Bonchev–Trinajstić information content (AvgIpc) is 2.39. The van der Waals surface area contributed by atoms with Gasteiger partial charge in [0.2, 0.25) is 0 Å². The van der Waals surface area contributed by atoms with E-state index in [9.17, 15) is 4.79 Å². The van der Waals surface area contributed by atoms with Gasteiger partial charge in [0.05, 0.1) is 0 Å². The third-order valence-electron chi connectivity index (χ3n) is 3.16. The van der Waals surface area contributed by atoms with Crippen LogP contribution in [0.1, 0.15) is 22.8 Å². The van der Waals surface area contributed by atoms with Crippen LogP contribution in [-0.2, 0) is 0 Å². The van der Waals surface area contributed by atoms with Gasteiger partial charge in [-0.05, 0) is 55.8 Å². The van der Waals surface area contributed by atoms with Gasteiger partial charge in [-0.25, -0.2) is 0 Å². The van der Waals surface area contributed by atoms with Crippen molar-refractivity contribution in [2.45, 2.75) is 13.8 Å². The number of halogens is 1. The van der Waals surface area contributed by atoms with E-state index in [1.54, 1.807) is 35.2 Å². The Balaban J connectivity index is 2.39. The number of carbonyl (C=O) groups is 1. The van der Waals surface area contributed by atoms with Crippen molar-refractivity contribution in [2.75, 3.05) is 17.2 Å². The molecule has 0 saturated carbocycles. The molecule has 104 valence electrons. The smallest absolute Gasteiger partial charge is 0.258 e. The van der Waals surface area contributed by atoms with Crippen molar-refractivity contribution in [3.63, 3.8) is 0 Å². The molecular formula is C16H17ClN2O. The fourth-order valence-electron chi connectivity index (χ4n) is 2.15. The van der Waals surface area contributed by atoms with Crippen LogP contribution >= 0.6 is 11.6 Å². The van der Waals surface area contributed by atoms with Gasteiger partial charge in [0.1, 0.15) is 0 Å². The van der Waals surface area contributed by atoms with Crippen molar-refractivity contribution < 1.29 is 4.79 Å². The highest BCUT2D eigenvalue weighted by Crippen LogP contribution is 2.22. The van der Waals surface area contributed by atoms with E-state index in [1.165, 1.54) is 0 Å². The summed E-state index contributed by atoms with van der Waals surface area (Å²) in [6.07, 6.45) is 0. The van der Waals surface area contributed by atoms with Gasteiger partial charge in [-0.15, -0.1) is 0 Å². The molecule has 0 aliphatic carbocycles. The van der Waals surface area contributed by atoms with E-state index >= 15 is 0 Å². The van der Waals surface area contributed by atoms with E-state index in [0.717, 1.165) is 11.3 Å². The van der Waals surface area contributed by atoms with Crippen LogP contribution in [0.5, 0.6) is 0 Å². The Morgan fingerprint density at radius 3 is 2.60 bits per heavy atom. The van der Waals surface area contributed by atoms with E-state index < -0.39 is 0 Å². The summed E-state index contributed by atoms with van der Waals surface area (Å²) in [5.41, 5.74) is 8.74. The predicted octanol–water partition coefficient (Wildman–Crippen LogP) is 3.90. The zero-order valence-electron chi connectivity index (χ0n) is 11.6. The van der Waals surface area contributed by atoms with Crippen LogP contribution in [-0.4, -0.2) is 12.5 Å². The second-order valence-corrected chi connectivity index (χ2v) is 5.04. The Labute approximate surface area is 124 Å². The number of hydrogen-bond acceptors (Lipinski definition) is 2. The van der Waals surface area contributed by atoms with E-state index in [4.69, 9.17) is 17.3 Å².